The van der Waals surface area contributed by atoms with Gasteiger partial charge in [-0.1, -0.05) is 54.5 Å². The summed E-state index contributed by atoms with van der Waals surface area (Å²) >= 11 is 0. The molecule has 0 spiro atoms. The third-order valence-corrected chi connectivity index (χ3v) is 5.94. The number of benzene rings is 2. The van der Waals surface area contributed by atoms with Crippen LogP contribution < -0.4 is 15.5 Å². The maximum atomic E-state index is 13.3. The summed E-state index contributed by atoms with van der Waals surface area (Å²) in [6.07, 6.45) is 1.36. The third-order valence-electron chi connectivity index (χ3n) is 5.94. The molecule has 1 aromatic heterocycles. The number of anilines is 1. The van der Waals surface area contributed by atoms with Crippen LogP contribution in [0.4, 0.5) is 10.5 Å². The molecule has 0 aliphatic heterocycles. The molecule has 2 aromatic carbocycles. The molecule has 0 saturated carbocycles. The summed E-state index contributed by atoms with van der Waals surface area (Å²) < 4.78 is 10.1. The van der Waals surface area contributed by atoms with Crippen molar-refractivity contribution >= 4 is 28.7 Å². The molecule has 0 aliphatic carbocycles. The van der Waals surface area contributed by atoms with Gasteiger partial charge in [-0.25, -0.2) is 4.79 Å². The zero-order chi connectivity index (χ0) is 26.1. The van der Waals surface area contributed by atoms with Gasteiger partial charge in [-0.15, -0.1) is 0 Å². The van der Waals surface area contributed by atoms with Crippen molar-refractivity contribution in [1.82, 2.24) is 4.98 Å². The van der Waals surface area contributed by atoms with E-state index in [1.807, 2.05) is 72.7 Å². The maximum Gasteiger partial charge on any atom is 0.513 e. The fraction of sp³-hybridized carbons (Fsp3) is 0.393. The Morgan fingerprint density at radius 2 is 1.63 bits per heavy atom. The van der Waals surface area contributed by atoms with Crippen molar-refractivity contribution < 1.29 is 19.1 Å². The maximum absolute atomic E-state index is 13.3. The lowest BCUT2D eigenvalue weighted by Crippen LogP contribution is -2.25. The van der Waals surface area contributed by atoms with Gasteiger partial charge in [0.1, 0.15) is 11.3 Å². The van der Waals surface area contributed by atoms with Gasteiger partial charge in [0.2, 0.25) is 5.43 Å². The summed E-state index contributed by atoms with van der Waals surface area (Å²) in [5.41, 5.74) is 2.73. The lowest BCUT2D eigenvalue weighted by Gasteiger charge is -2.29. The molecule has 0 bridgehead atoms. The van der Waals surface area contributed by atoms with Gasteiger partial charge in [-0.05, 0) is 46.6 Å². The van der Waals surface area contributed by atoms with Crippen molar-refractivity contribution in [2.24, 2.45) is 0 Å². The molecule has 7 nitrogen and oxygen atoms in total. The molecule has 0 saturated heterocycles. The molecular weight excluding hydrogens is 444 g/mol. The van der Waals surface area contributed by atoms with E-state index in [1.54, 1.807) is 6.07 Å². The molecule has 3 rings (SSSR count). The number of hydrogen-bond donors (Lipinski definition) is 2. The largest absolute Gasteiger partial charge is 0.513 e. The Morgan fingerprint density at radius 3 is 2.20 bits per heavy atom. The molecule has 3 aromatic rings. The number of rotatable bonds is 4. The Hall–Kier alpha value is -3.61. The Balaban J connectivity index is 2.14. The predicted octanol–water partition coefficient (Wildman–Crippen LogP) is 6.08. The van der Waals surface area contributed by atoms with E-state index in [9.17, 15) is 14.4 Å². The summed E-state index contributed by atoms with van der Waals surface area (Å²) in [4.78, 5) is 41.5. The topological polar surface area (TPSA) is 97.5 Å². The molecule has 0 aliphatic rings. The smallest absolute Gasteiger partial charge is 0.437 e. The van der Waals surface area contributed by atoms with Gasteiger partial charge < -0.3 is 19.8 Å². The number of amides is 1. The van der Waals surface area contributed by atoms with Crippen molar-refractivity contribution in [2.75, 3.05) is 12.4 Å². The number of carbonyl (C=O) groups is 2. The molecule has 0 atom stereocenters. The summed E-state index contributed by atoms with van der Waals surface area (Å²) in [6, 6.07) is 9.17. The number of methoxy groups -OCH3 is 1. The average molecular weight is 479 g/mol. The fourth-order valence-corrected chi connectivity index (χ4v) is 3.95. The van der Waals surface area contributed by atoms with Crippen LogP contribution in [-0.2, 0) is 22.0 Å². The first-order valence-corrected chi connectivity index (χ1v) is 11.7. The molecule has 1 heterocycles. The van der Waals surface area contributed by atoms with Gasteiger partial charge >= 0.3 is 6.16 Å². The molecule has 1 amide bonds. The van der Waals surface area contributed by atoms with Crippen molar-refractivity contribution in [3.8, 4) is 5.75 Å². The van der Waals surface area contributed by atoms with Gasteiger partial charge in [-0.2, -0.15) is 0 Å². The van der Waals surface area contributed by atoms with Crippen molar-refractivity contribution in [2.45, 2.75) is 65.7 Å². The number of aromatic amines is 1. The lowest BCUT2D eigenvalue weighted by molar-refractivity contribution is 0.102. The number of aromatic nitrogens is 1. The quantitative estimate of drug-likeness (QED) is 0.350. The first kappa shape index (κ1) is 26.0. The molecule has 186 valence electrons. The molecule has 0 fully saturated rings. The van der Waals surface area contributed by atoms with Crippen LogP contribution in [-0.4, -0.2) is 24.2 Å². The second-order valence-corrected chi connectivity index (χ2v) is 10.7. The third kappa shape index (κ3) is 5.56. The Morgan fingerprint density at radius 1 is 0.971 bits per heavy atom. The molecule has 0 radical (unpaired) electrons. The first-order chi connectivity index (χ1) is 16.3. The first-order valence-electron chi connectivity index (χ1n) is 11.7. The number of H-pyrrole nitrogens is 1. The monoisotopic (exact) mass is 478 g/mol. The number of ether oxygens (including phenoxy) is 2. The number of nitrogens with one attached hydrogen (secondary N) is 2. The number of pyridine rings is 1. The summed E-state index contributed by atoms with van der Waals surface area (Å²) in [5, 5.41) is 3.35. The van der Waals surface area contributed by atoms with Crippen LogP contribution in [0.1, 0.15) is 75.5 Å². The highest BCUT2D eigenvalue weighted by molar-refractivity contribution is 6.06. The zero-order valence-electron chi connectivity index (χ0n) is 21.7. The summed E-state index contributed by atoms with van der Waals surface area (Å²) in [5.74, 6) is -0.263. The van der Waals surface area contributed by atoms with Gasteiger partial charge in [0.15, 0.2) is 0 Å². The van der Waals surface area contributed by atoms with Crippen LogP contribution in [0.3, 0.4) is 0 Å². The van der Waals surface area contributed by atoms with Gasteiger partial charge in [0, 0.05) is 34.4 Å². The fourth-order valence-electron chi connectivity index (χ4n) is 3.95. The molecule has 0 unspecified atom stereocenters. The average Bonchev–Trinajstić information content (AvgIpc) is 2.77. The number of aryl methyl sites for hydroxylation is 1. The Bertz CT molecular complexity index is 1340. The highest BCUT2D eigenvalue weighted by Gasteiger charge is 2.28. The zero-order valence-corrected chi connectivity index (χ0v) is 21.7. The van der Waals surface area contributed by atoms with Crippen LogP contribution in [0.25, 0.3) is 10.9 Å². The SMILES string of the molecule is CCc1ccc2[nH]cc(C(=O)Nc3cc(OC(=O)OC)c(C(C)(C)C)cc3C(C)(C)C)c(=O)c2c1. The van der Waals surface area contributed by atoms with E-state index in [0.29, 0.717) is 16.6 Å². The molecule has 2 N–H and O–H groups in total. The van der Waals surface area contributed by atoms with E-state index >= 15 is 0 Å². The van der Waals surface area contributed by atoms with E-state index < -0.39 is 12.1 Å². The molecule has 35 heavy (non-hydrogen) atoms. The van der Waals surface area contributed by atoms with E-state index in [2.05, 4.69) is 10.3 Å². The van der Waals surface area contributed by atoms with E-state index in [4.69, 9.17) is 9.47 Å². The number of carbonyl (C=O) groups excluding carboxylic acids is 2. The number of hydrogen-bond acceptors (Lipinski definition) is 5. The summed E-state index contributed by atoms with van der Waals surface area (Å²) in [7, 11) is 1.24. The van der Waals surface area contributed by atoms with Gasteiger partial charge in [0.25, 0.3) is 5.91 Å². The van der Waals surface area contributed by atoms with Crippen molar-refractivity contribution in [3.63, 3.8) is 0 Å². The number of fused-ring (bicyclic) bond motifs is 1. The molecular formula is C28H34N2O5. The van der Waals surface area contributed by atoms with Crippen LogP contribution in [0.2, 0.25) is 0 Å². The van der Waals surface area contributed by atoms with Crippen LogP contribution in [0, 0.1) is 0 Å². The second-order valence-electron chi connectivity index (χ2n) is 10.7. The van der Waals surface area contributed by atoms with Crippen molar-refractivity contribution in [1.29, 1.82) is 0 Å². The lowest BCUT2D eigenvalue weighted by atomic mass is 9.79. The van der Waals surface area contributed by atoms with E-state index in [0.717, 1.165) is 23.1 Å². The normalized spacial score (nSPS) is 11.9. The van der Waals surface area contributed by atoms with E-state index in [-0.39, 0.29) is 27.6 Å². The predicted molar refractivity (Wildman–Crippen MR) is 139 cm³/mol. The van der Waals surface area contributed by atoms with E-state index in [1.165, 1.54) is 13.3 Å². The van der Waals surface area contributed by atoms with Gasteiger partial charge in [-0.3, -0.25) is 9.59 Å². The Kier molecular flexibility index (Phi) is 7.11. The second kappa shape index (κ2) is 9.56. The van der Waals surface area contributed by atoms with Gasteiger partial charge in [0.05, 0.1) is 7.11 Å². The molecule has 7 heteroatoms. The van der Waals surface area contributed by atoms with Crippen LogP contribution >= 0.6 is 0 Å². The van der Waals surface area contributed by atoms with Crippen LogP contribution in [0.15, 0.2) is 41.3 Å². The standard InChI is InChI=1S/C28H34N2O5/c1-9-16-10-11-21-17(12-16)24(31)18(15-29-21)25(32)30-22-14-23(35-26(33)34-8)20(28(5,6)7)13-19(22)27(2,3)4/h10-15H,9H2,1-8H3,(H,29,31)(H,30,32). The van der Waals surface area contributed by atoms with Crippen LogP contribution in [0.5, 0.6) is 5.75 Å². The highest BCUT2D eigenvalue weighted by atomic mass is 16.7. The minimum atomic E-state index is -0.853. The minimum absolute atomic E-state index is 0.000876. The Labute approximate surface area is 205 Å². The van der Waals surface area contributed by atoms with Crippen molar-refractivity contribution in [3.05, 3.63) is 69.0 Å². The minimum Gasteiger partial charge on any atom is -0.437 e. The highest BCUT2D eigenvalue weighted by Crippen LogP contribution is 2.40. The summed E-state index contributed by atoms with van der Waals surface area (Å²) in [6.45, 7) is 14.1.